The van der Waals surface area contributed by atoms with E-state index in [0.29, 0.717) is 16.7 Å². The van der Waals surface area contributed by atoms with Crippen molar-refractivity contribution in [2.75, 3.05) is 0 Å². The lowest BCUT2D eigenvalue weighted by Gasteiger charge is -2.12. The molecule has 0 saturated heterocycles. The maximum atomic E-state index is 13.2. The second kappa shape index (κ2) is 7.20. The summed E-state index contributed by atoms with van der Waals surface area (Å²) in [7, 11) is 0. The molecule has 0 atom stereocenters. The second-order valence-electron chi connectivity index (χ2n) is 5.93. The van der Waals surface area contributed by atoms with Gasteiger partial charge in [0.25, 0.3) is 5.56 Å². The van der Waals surface area contributed by atoms with Crippen molar-refractivity contribution in [3.05, 3.63) is 87.0 Å². The molecule has 0 aliphatic heterocycles. The minimum absolute atomic E-state index is 0.149. The third-order valence-electron chi connectivity index (χ3n) is 4.01. The number of hydrogen-bond donors (Lipinski definition) is 0. The van der Waals surface area contributed by atoms with Gasteiger partial charge in [0.1, 0.15) is 5.82 Å². The molecule has 8 nitrogen and oxygen atoms in total. The standard InChI is InChI=1S/C19H13N5O3S/c1-12-8-9-16(21-11-12)23-18(25)13-5-2-3-6-14(13)22-19(23)28-17-15(24(26)27)7-4-10-20-17/h2-11H,1H3. The molecule has 9 heteroatoms. The number of hydrogen-bond acceptors (Lipinski definition) is 7. The summed E-state index contributed by atoms with van der Waals surface area (Å²) in [6, 6.07) is 13.3. The highest BCUT2D eigenvalue weighted by Crippen LogP contribution is 2.32. The Hall–Kier alpha value is -3.59. The highest BCUT2D eigenvalue weighted by molar-refractivity contribution is 7.99. The second-order valence-corrected chi connectivity index (χ2v) is 6.89. The van der Waals surface area contributed by atoms with Crippen LogP contribution in [0, 0.1) is 17.0 Å². The molecule has 1 aromatic carbocycles. The van der Waals surface area contributed by atoms with Crippen LogP contribution in [-0.2, 0) is 0 Å². The Bertz CT molecular complexity index is 1250. The molecule has 0 radical (unpaired) electrons. The number of rotatable bonds is 4. The van der Waals surface area contributed by atoms with Gasteiger partial charge in [-0.2, -0.15) is 0 Å². The number of aromatic nitrogens is 4. The maximum absolute atomic E-state index is 13.2. The fraction of sp³-hybridized carbons (Fsp3) is 0.0526. The van der Waals surface area contributed by atoms with Crippen LogP contribution >= 0.6 is 11.8 Å². The molecule has 0 spiro atoms. The summed E-state index contributed by atoms with van der Waals surface area (Å²) in [6.45, 7) is 1.89. The first-order chi connectivity index (χ1) is 13.5. The molecule has 4 aromatic rings. The summed E-state index contributed by atoms with van der Waals surface area (Å²) in [5, 5.41) is 12.2. The third kappa shape index (κ3) is 3.23. The average Bonchev–Trinajstić information content (AvgIpc) is 2.70. The van der Waals surface area contributed by atoms with Crippen molar-refractivity contribution in [3.8, 4) is 5.82 Å². The third-order valence-corrected chi connectivity index (χ3v) is 4.97. The summed E-state index contributed by atoms with van der Waals surface area (Å²) < 4.78 is 1.35. The zero-order valence-electron chi connectivity index (χ0n) is 14.6. The van der Waals surface area contributed by atoms with E-state index < -0.39 is 4.92 Å². The molecular formula is C19H13N5O3S. The van der Waals surface area contributed by atoms with Gasteiger partial charge >= 0.3 is 5.69 Å². The van der Waals surface area contributed by atoms with Crippen LogP contribution < -0.4 is 5.56 Å². The Morgan fingerprint density at radius 1 is 1.07 bits per heavy atom. The molecule has 0 saturated carbocycles. The number of nitro groups is 1. The zero-order chi connectivity index (χ0) is 19.7. The topological polar surface area (TPSA) is 104 Å². The summed E-state index contributed by atoms with van der Waals surface area (Å²) in [5.41, 5.74) is 0.985. The molecule has 0 unspecified atom stereocenters. The SMILES string of the molecule is Cc1ccc(-n2c(Sc3ncccc3[N+](=O)[O-])nc3ccccc3c2=O)nc1. The number of pyridine rings is 2. The predicted molar refractivity (Wildman–Crippen MR) is 105 cm³/mol. The van der Waals surface area contributed by atoms with Gasteiger partial charge in [0, 0.05) is 18.5 Å². The maximum Gasteiger partial charge on any atom is 0.301 e. The monoisotopic (exact) mass is 391 g/mol. The Labute approximate surface area is 163 Å². The molecule has 4 rings (SSSR count). The number of benzene rings is 1. The molecule has 3 aromatic heterocycles. The Morgan fingerprint density at radius 3 is 2.64 bits per heavy atom. The van der Waals surface area contributed by atoms with Crippen LogP contribution in [-0.4, -0.2) is 24.4 Å². The minimum atomic E-state index is -0.511. The Balaban J connectivity index is 1.97. The predicted octanol–water partition coefficient (Wildman–Crippen LogP) is 3.54. The lowest BCUT2D eigenvalue weighted by Crippen LogP contribution is -2.22. The van der Waals surface area contributed by atoms with Gasteiger partial charge in [0.2, 0.25) is 0 Å². The van der Waals surface area contributed by atoms with E-state index >= 15 is 0 Å². The van der Waals surface area contributed by atoms with Gasteiger partial charge in [-0.1, -0.05) is 18.2 Å². The number of aryl methyl sites for hydroxylation is 1. The van der Waals surface area contributed by atoms with Crippen molar-refractivity contribution >= 4 is 28.4 Å². The van der Waals surface area contributed by atoms with Crippen LogP contribution in [0.1, 0.15) is 5.56 Å². The minimum Gasteiger partial charge on any atom is -0.268 e. The smallest absolute Gasteiger partial charge is 0.268 e. The molecule has 0 fully saturated rings. The Kier molecular flexibility index (Phi) is 4.58. The van der Waals surface area contributed by atoms with E-state index in [9.17, 15) is 14.9 Å². The fourth-order valence-corrected chi connectivity index (χ4v) is 3.61. The molecule has 0 N–H and O–H groups in total. The molecule has 0 bridgehead atoms. The molecular weight excluding hydrogens is 378 g/mol. The van der Waals surface area contributed by atoms with E-state index in [-0.39, 0.29) is 21.4 Å². The first-order valence-electron chi connectivity index (χ1n) is 8.26. The highest BCUT2D eigenvalue weighted by atomic mass is 32.2. The van der Waals surface area contributed by atoms with Crippen LogP contribution in [0.3, 0.4) is 0 Å². The van der Waals surface area contributed by atoms with Crippen molar-refractivity contribution in [2.45, 2.75) is 17.1 Å². The highest BCUT2D eigenvalue weighted by Gasteiger charge is 2.20. The van der Waals surface area contributed by atoms with Crippen molar-refractivity contribution in [1.82, 2.24) is 19.5 Å². The van der Waals surface area contributed by atoms with Crippen LogP contribution in [0.2, 0.25) is 0 Å². The molecule has 0 aliphatic carbocycles. The van der Waals surface area contributed by atoms with E-state index in [2.05, 4.69) is 15.0 Å². The van der Waals surface area contributed by atoms with Gasteiger partial charge in [0.15, 0.2) is 10.2 Å². The van der Waals surface area contributed by atoms with Crippen LogP contribution in [0.15, 0.2) is 75.9 Å². The van der Waals surface area contributed by atoms with E-state index in [1.807, 2.05) is 13.0 Å². The van der Waals surface area contributed by atoms with Crippen LogP contribution in [0.25, 0.3) is 16.7 Å². The molecule has 138 valence electrons. The number of fused-ring (bicyclic) bond motifs is 1. The fourth-order valence-electron chi connectivity index (χ4n) is 2.66. The van der Waals surface area contributed by atoms with Gasteiger partial charge in [-0.05, 0) is 48.5 Å². The van der Waals surface area contributed by atoms with Gasteiger partial charge in [-0.3, -0.25) is 14.9 Å². The largest absolute Gasteiger partial charge is 0.301 e. The van der Waals surface area contributed by atoms with Gasteiger partial charge in [-0.15, -0.1) is 0 Å². The first kappa shape index (κ1) is 17.8. The molecule has 0 aliphatic rings. The van der Waals surface area contributed by atoms with Crippen molar-refractivity contribution in [1.29, 1.82) is 0 Å². The van der Waals surface area contributed by atoms with E-state index in [1.165, 1.54) is 22.9 Å². The van der Waals surface area contributed by atoms with E-state index in [0.717, 1.165) is 17.3 Å². The summed E-state index contributed by atoms with van der Waals surface area (Å²) in [5.74, 6) is 0.384. The van der Waals surface area contributed by atoms with Gasteiger partial charge in [-0.25, -0.2) is 19.5 Å². The normalized spacial score (nSPS) is 10.9. The van der Waals surface area contributed by atoms with Gasteiger partial charge < -0.3 is 0 Å². The zero-order valence-corrected chi connectivity index (χ0v) is 15.5. The van der Waals surface area contributed by atoms with Crippen molar-refractivity contribution < 1.29 is 4.92 Å². The lowest BCUT2D eigenvalue weighted by atomic mass is 10.2. The van der Waals surface area contributed by atoms with E-state index in [4.69, 9.17) is 0 Å². The van der Waals surface area contributed by atoms with Crippen molar-refractivity contribution in [3.63, 3.8) is 0 Å². The average molecular weight is 391 g/mol. The molecule has 28 heavy (non-hydrogen) atoms. The van der Waals surface area contributed by atoms with Crippen molar-refractivity contribution in [2.24, 2.45) is 0 Å². The summed E-state index contributed by atoms with van der Waals surface area (Å²) in [6.07, 6.45) is 3.11. The lowest BCUT2D eigenvalue weighted by molar-refractivity contribution is -0.388. The van der Waals surface area contributed by atoms with Gasteiger partial charge in [0.05, 0.1) is 15.8 Å². The number of nitrogens with zero attached hydrogens (tertiary/aromatic N) is 5. The number of para-hydroxylation sites is 1. The summed E-state index contributed by atoms with van der Waals surface area (Å²) >= 11 is 0.956. The first-order valence-corrected chi connectivity index (χ1v) is 9.08. The molecule has 0 amide bonds. The quantitative estimate of drug-likeness (QED) is 0.298. The van der Waals surface area contributed by atoms with Crippen LogP contribution in [0.5, 0.6) is 0 Å². The van der Waals surface area contributed by atoms with Crippen LogP contribution in [0.4, 0.5) is 5.69 Å². The molecule has 3 heterocycles. The Morgan fingerprint density at radius 2 is 1.89 bits per heavy atom. The summed E-state index contributed by atoms with van der Waals surface area (Å²) in [4.78, 5) is 37.0. The van der Waals surface area contributed by atoms with E-state index in [1.54, 1.807) is 36.5 Å².